The van der Waals surface area contributed by atoms with Crippen LogP contribution in [0.15, 0.2) is 41.0 Å². The summed E-state index contributed by atoms with van der Waals surface area (Å²) in [5.41, 5.74) is 0.713. The van der Waals surface area contributed by atoms with Crippen LogP contribution < -0.4 is 14.2 Å². The summed E-state index contributed by atoms with van der Waals surface area (Å²) in [6, 6.07) is 6.22. The van der Waals surface area contributed by atoms with E-state index in [1.54, 1.807) is 34.5 Å². The van der Waals surface area contributed by atoms with E-state index in [4.69, 9.17) is 14.2 Å². The number of nitrogens with zero attached hydrogens (tertiary/aromatic N) is 2. The Kier molecular flexibility index (Phi) is 5.52. The van der Waals surface area contributed by atoms with Crippen molar-refractivity contribution in [2.45, 2.75) is 18.9 Å². The number of benzene rings is 1. The fourth-order valence-electron chi connectivity index (χ4n) is 4.57. The number of thiophene rings is 1. The molecule has 8 nitrogen and oxygen atoms in total. The van der Waals surface area contributed by atoms with E-state index in [0.717, 1.165) is 25.9 Å². The van der Waals surface area contributed by atoms with Crippen LogP contribution in [0.2, 0.25) is 0 Å². The molecule has 3 aliphatic rings. The first kappa shape index (κ1) is 20.8. The number of carbonyl (C=O) groups excluding carboxylic acids is 2. The van der Waals surface area contributed by atoms with Gasteiger partial charge in [-0.05, 0) is 55.1 Å². The molecule has 1 fully saturated rings. The lowest BCUT2D eigenvalue weighted by atomic mass is 9.94. The Labute approximate surface area is 189 Å². The molecule has 1 aromatic carbocycles. The molecular weight excluding hydrogens is 432 g/mol. The third-order valence-electron chi connectivity index (χ3n) is 6.15. The molecule has 32 heavy (non-hydrogen) atoms. The van der Waals surface area contributed by atoms with Gasteiger partial charge in [0.25, 0.3) is 5.91 Å². The number of rotatable bonds is 7. The van der Waals surface area contributed by atoms with Crippen LogP contribution in [-0.2, 0) is 4.79 Å². The fraction of sp³-hybridized carbons (Fsp3) is 0.391. The summed E-state index contributed by atoms with van der Waals surface area (Å²) in [5.74, 6) is 0.0498. The maximum absolute atomic E-state index is 13.4. The molecule has 4 heterocycles. The van der Waals surface area contributed by atoms with Gasteiger partial charge in [0.15, 0.2) is 17.3 Å². The van der Waals surface area contributed by atoms with Crippen LogP contribution in [0.4, 0.5) is 0 Å². The smallest absolute Gasteiger partial charge is 0.290 e. The van der Waals surface area contributed by atoms with Crippen molar-refractivity contribution in [2.24, 2.45) is 0 Å². The van der Waals surface area contributed by atoms with Gasteiger partial charge in [-0.15, -0.1) is 11.3 Å². The molecule has 1 aromatic heterocycles. The highest BCUT2D eigenvalue weighted by molar-refractivity contribution is 7.12. The first-order valence-electron chi connectivity index (χ1n) is 10.6. The molecule has 0 saturated carbocycles. The van der Waals surface area contributed by atoms with Gasteiger partial charge in [0.1, 0.15) is 0 Å². The first-order chi connectivity index (χ1) is 15.6. The third-order valence-corrected chi connectivity index (χ3v) is 7.01. The van der Waals surface area contributed by atoms with Gasteiger partial charge in [-0.3, -0.25) is 9.59 Å². The number of likely N-dealkylation sites (tertiary alicyclic amines) is 1. The molecule has 9 heteroatoms. The quantitative estimate of drug-likeness (QED) is 0.640. The molecular formula is C23H24N2O6S. The van der Waals surface area contributed by atoms with E-state index < -0.39 is 17.7 Å². The molecule has 1 amide bonds. The number of amides is 1. The zero-order valence-electron chi connectivity index (χ0n) is 17.7. The summed E-state index contributed by atoms with van der Waals surface area (Å²) < 4.78 is 16.5. The molecule has 1 saturated heterocycles. The van der Waals surface area contributed by atoms with Gasteiger partial charge in [0, 0.05) is 13.1 Å². The fourth-order valence-corrected chi connectivity index (χ4v) is 5.24. The van der Waals surface area contributed by atoms with Crippen molar-refractivity contribution in [1.82, 2.24) is 9.80 Å². The van der Waals surface area contributed by atoms with Gasteiger partial charge in [0.2, 0.25) is 18.3 Å². The molecule has 1 atom stereocenters. The predicted octanol–water partition coefficient (Wildman–Crippen LogP) is 3.16. The molecule has 168 valence electrons. The highest BCUT2D eigenvalue weighted by Gasteiger charge is 2.44. The largest absolute Gasteiger partial charge is 0.503 e. The van der Waals surface area contributed by atoms with Crippen LogP contribution in [0.3, 0.4) is 0 Å². The Hall–Kier alpha value is -3.04. The number of ketones is 1. The summed E-state index contributed by atoms with van der Waals surface area (Å²) >= 11 is 1.28. The number of carbonyl (C=O) groups is 2. The summed E-state index contributed by atoms with van der Waals surface area (Å²) in [6.45, 7) is 3.12. The summed E-state index contributed by atoms with van der Waals surface area (Å²) in [6.07, 6.45) is 2.28. The van der Waals surface area contributed by atoms with Crippen molar-refractivity contribution >= 4 is 23.0 Å². The minimum atomic E-state index is -0.747. The third kappa shape index (κ3) is 3.51. The Morgan fingerprint density at radius 2 is 2.06 bits per heavy atom. The summed E-state index contributed by atoms with van der Waals surface area (Å²) in [5, 5.41) is 12.6. The van der Waals surface area contributed by atoms with Gasteiger partial charge in [-0.1, -0.05) is 6.07 Å². The number of aliphatic hydroxyl groups is 1. The number of Topliss-reactive ketones (excluding diaryl/α,β-unsaturated/α-hetero) is 1. The van der Waals surface area contributed by atoms with Crippen LogP contribution in [0.1, 0.15) is 34.1 Å². The van der Waals surface area contributed by atoms with E-state index in [1.807, 2.05) is 0 Å². The van der Waals surface area contributed by atoms with Crippen LogP contribution in [0, 0.1) is 0 Å². The molecule has 0 spiro atoms. The summed E-state index contributed by atoms with van der Waals surface area (Å²) in [7, 11) is 1.52. The van der Waals surface area contributed by atoms with Gasteiger partial charge in [-0.2, -0.15) is 0 Å². The molecule has 3 aliphatic heterocycles. The Balaban J connectivity index is 1.56. The molecule has 1 unspecified atom stereocenters. The Morgan fingerprint density at radius 1 is 1.25 bits per heavy atom. The Bertz CT molecular complexity index is 1070. The van der Waals surface area contributed by atoms with E-state index in [2.05, 4.69) is 4.90 Å². The average molecular weight is 457 g/mol. The van der Waals surface area contributed by atoms with Gasteiger partial charge < -0.3 is 29.1 Å². The number of aliphatic hydroxyl groups excluding tert-OH is 1. The molecule has 0 aliphatic carbocycles. The van der Waals surface area contributed by atoms with Crippen LogP contribution in [0.25, 0.3) is 0 Å². The number of hydrogen-bond donors (Lipinski definition) is 1. The van der Waals surface area contributed by atoms with Crippen molar-refractivity contribution < 1.29 is 28.9 Å². The van der Waals surface area contributed by atoms with E-state index in [0.29, 0.717) is 40.8 Å². The van der Waals surface area contributed by atoms with Crippen molar-refractivity contribution in [2.75, 3.05) is 40.1 Å². The standard InChI is InChI=1S/C23H24N2O6S/c1-29-15-11-14(12-16-22(15)31-13-30-16)19-18(20(26)17-5-4-10-32-17)21(27)23(28)25(19)9-8-24-6-2-3-7-24/h4-5,10-12,19,27H,2-3,6-9,13H2,1H3. The van der Waals surface area contributed by atoms with Gasteiger partial charge >= 0.3 is 0 Å². The zero-order valence-corrected chi connectivity index (χ0v) is 18.5. The van der Waals surface area contributed by atoms with Crippen LogP contribution in [0.5, 0.6) is 17.2 Å². The number of hydrogen-bond acceptors (Lipinski definition) is 8. The maximum atomic E-state index is 13.4. The van der Waals surface area contributed by atoms with Crippen LogP contribution >= 0.6 is 11.3 Å². The van der Waals surface area contributed by atoms with E-state index in [9.17, 15) is 14.7 Å². The molecule has 0 bridgehead atoms. The van der Waals surface area contributed by atoms with Gasteiger partial charge in [0.05, 0.1) is 23.6 Å². The lowest BCUT2D eigenvalue weighted by molar-refractivity contribution is -0.129. The van der Waals surface area contributed by atoms with E-state index in [1.165, 1.54) is 18.4 Å². The maximum Gasteiger partial charge on any atom is 0.290 e. The average Bonchev–Trinajstić information content (AvgIpc) is 3.60. The number of fused-ring (bicyclic) bond motifs is 1. The normalized spacial score (nSPS) is 20.5. The molecule has 0 radical (unpaired) electrons. The lowest BCUT2D eigenvalue weighted by Crippen LogP contribution is -2.37. The molecule has 1 N–H and O–H groups in total. The minimum Gasteiger partial charge on any atom is -0.503 e. The van der Waals surface area contributed by atoms with E-state index >= 15 is 0 Å². The molecule has 5 rings (SSSR count). The highest BCUT2D eigenvalue weighted by Crippen LogP contribution is 2.47. The zero-order chi connectivity index (χ0) is 22.2. The van der Waals surface area contributed by atoms with Gasteiger partial charge in [-0.25, -0.2) is 0 Å². The van der Waals surface area contributed by atoms with Crippen molar-refractivity contribution in [3.05, 3.63) is 51.4 Å². The first-order valence-corrected chi connectivity index (χ1v) is 11.5. The summed E-state index contributed by atoms with van der Waals surface area (Å²) in [4.78, 5) is 30.8. The van der Waals surface area contributed by atoms with Crippen molar-refractivity contribution in [3.63, 3.8) is 0 Å². The monoisotopic (exact) mass is 456 g/mol. The second kappa shape index (κ2) is 8.48. The predicted molar refractivity (Wildman–Crippen MR) is 118 cm³/mol. The minimum absolute atomic E-state index is 0.0689. The highest BCUT2D eigenvalue weighted by atomic mass is 32.1. The van der Waals surface area contributed by atoms with Crippen molar-refractivity contribution in [3.8, 4) is 17.2 Å². The van der Waals surface area contributed by atoms with Crippen molar-refractivity contribution in [1.29, 1.82) is 0 Å². The molecule has 2 aromatic rings. The number of ether oxygens (including phenoxy) is 3. The second-order valence-electron chi connectivity index (χ2n) is 7.98. The second-order valence-corrected chi connectivity index (χ2v) is 8.92. The SMILES string of the molecule is COc1cc(C2C(C(=O)c3cccs3)=C(O)C(=O)N2CCN2CCCC2)cc2c1OCO2. The lowest BCUT2D eigenvalue weighted by Gasteiger charge is -2.29. The Morgan fingerprint density at radius 3 is 2.78 bits per heavy atom. The number of methoxy groups -OCH3 is 1. The van der Waals surface area contributed by atoms with E-state index in [-0.39, 0.29) is 18.1 Å². The van der Waals surface area contributed by atoms with Crippen LogP contribution in [-0.4, -0.2) is 66.7 Å². The topological polar surface area (TPSA) is 88.5 Å².